The Hall–Kier alpha value is -0.830. The van der Waals surface area contributed by atoms with Crippen LogP contribution in [0.15, 0.2) is 29.2 Å². The van der Waals surface area contributed by atoms with Gasteiger partial charge >= 0.3 is 0 Å². The van der Waals surface area contributed by atoms with Crippen LogP contribution in [-0.2, 0) is 15.3 Å². The second kappa shape index (κ2) is 5.21. The van der Waals surface area contributed by atoms with Gasteiger partial charge in [-0.25, -0.2) is 8.42 Å². The van der Waals surface area contributed by atoms with Gasteiger partial charge in [0.15, 0.2) is 9.84 Å². The molecule has 2 nitrogen and oxygen atoms in total. The van der Waals surface area contributed by atoms with E-state index in [0.29, 0.717) is 4.90 Å². The first-order valence-electron chi connectivity index (χ1n) is 6.10. The Balaban J connectivity index is 3.08. The predicted octanol–water partition coefficient (Wildman–Crippen LogP) is 3.56. The SMILES string of the molecule is CCCCS(=O)(=O)c1cccc(C(C)(C)C)c1. The number of unbranched alkanes of at least 4 members (excludes halogenated alkanes) is 1. The summed E-state index contributed by atoms with van der Waals surface area (Å²) in [5.41, 5.74) is 1.05. The Labute approximate surface area is 105 Å². The molecule has 0 amide bonds. The zero-order valence-corrected chi connectivity index (χ0v) is 12.0. The highest BCUT2D eigenvalue weighted by Crippen LogP contribution is 2.25. The third-order valence-electron chi connectivity index (χ3n) is 2.83. The molecule has 0 atom stereocenters. The number of benzene rings is 1. The maximum atomic E-state index is 12.1. The van der Waals surface area contributed by atoms with Crippen LogP contribution in [-0.4, -0.2) is 14.2 Å². The zero-order valence-electron chi connectivity index (χ0n) is 11.2. The van der Waals surface area contributed by atoms with Crippen molar-refractivity contribution in [2.75, 3.05) is 5.75 Å². The molecule has 0 saturated heterocycles. The molecule has 3 heteroatoms. The van der Waals surface area contributed by atoms with Crippen molar-refractivity contribution < 1.29 is 8.42 Å². The number of hydrogen-bond donors (Lipinski definition) is 0. The maximum absolute atomic E-state index is 12.1. The molecule has 0 aliphatic heterocycles. The summed E-state index contributed by atoms with van der Waals surface area (Å²) >= 11 is 0. The molecule has 0 radical (unpaired) electrons. The Morgan fingerprint density at radius 3 is 2.35 bits per heavy atom. The van der Waals surface area contributed by atoms with Crippen molar-refractivity contribution in [2.24, 2.45) is 0 Å². The molecule has 1 rings (SSSR count). The van der Waals surface area contributed by atoms with Gasteiger partial charge in [-0.3, -0.25) is 0 Å². The fraction of sp³-hybridized carbons (Fsp3) is 0.571. The summed E-state index contributed by atoms with van der Waals surface area (Å²) in [7, 11) is -3.11. The molecule has 96 valence electrons. The van der Waals surface area contributed by atoms with Crippen molar-refractivity contribution in [2.45, 2.75) is 50.8 Å². The highest BCUT2D eigenvalue weighted by Gasteiger charge is 2.18. The van der Waals surface area contributed by atoms with E-state index in [1.807, 2.05) is 25.1 Å². The first-order chi connectivity index (χ1) is 7.77. The summed E-state index contributed by atoms with van der Waals surface area (Å²) in [4.78, 5) is 0.457. The normalized spacial score (nSPS) is 12.7. The fourth-order valence-electron chi connectivity index (χ4n) is 1.61. The first-order valence-corrected chi connectivity index (χ1v) is 7.76. The Kier molecular flexibility index (Phi) is 4.36. The Bertz CT molecular complexity index is 467. The lowest BCUT2D eigenvalue weighted by Gasteiger charge is -2.19. The van der Waals surface area contributed by atoms with Crippen LogP contribution >= 0.6 is 0 Å². The van der Waals surface area contributed by atoms with Crippen molar-refractivity contribution in [1.82, 2.24) is 0 Å². The van der Waals surface area contributed by atoms with Crippen molar-refractivity contribution in [3.8, 4) is 0 Å². The highest BCUT2D eigenvalue weighted by atomic mass is 32.2. The van der Waals surface area contributed by atoms with E-state index in [1.165, 1.54) is 0 Å². The van der Waals surface area contributed by atoms with E-state index in [9.17, 15) is 8.42 Å². The predicted molar refractivity (Wildman–Crippen MR) is 72.1 cm³/mol. The second-order valence-electron chi connectivity index (χ2n) is 5.45. The Morgan fingerprint density at radius 2 is 1.82 bits per heavy atom. The third kappa shape index (κ3) is 3.84. The highest BCUT2D eigenvalue weighted by molar-refractivity contribution is 7.91. The van der Waals surface area contributed by atoms with Crippen LogP contribution in [0, 0.1) is 0 Å². The minimum absolute atomic E-state index is 0.0176. The van der Waals surface area contributed by atoms with Gasteiger partial charge in [0.2, 0.25) is 0 Å². The van der Waals surface area contributed by atoms with Crippen molar-refractivity contribution in [3.63, 3.8) is 0 Å². The van der Waals surface area contributed by atoms with Gasteiger partial charge in [0.1, 0.15) is 0 Å². The molecule has 0 aromatic heterocycles. The molecule has 0 spiro atoms. The second-order valence-corrected chi connectivity index (χ2v) is 7.56. The van der Waals surface area contributed by atoms with E-state index in [4.69, 9.17) is 0 Å². The molecule has 0 fully saturated rings. The first kappa shape index (κ1) is 14.2. The molecule has 0 unspecified atom stereocenters. The van der Waals surface area contributed by atoms with E-state index < -0.39 is 9.84 Å². The number of hydrogen-bond acceptors (Lipinski definition) is 2. The van der Waals surface area contributed by atoms with Gasteiger partial charge < -0.3 is 0 Å². The average Bonchev–Trinajstić information content (AvgIpc) is 2.25. The van der Waals surface area contributed by atoms with Crippen LogP contribution in [0.4, 0.5) is 0 Å². The molecule has 0 heterocycles. The van der Waals surface area contributed by atoms with Gasteiger partial charge in [0, 0.05) is 0 Å². The summed E-state index contributed by atoms with van der Waals surface area (Å²) in [6.45, 7) is 8.27. The number of sulfone groups is 1. The minimum Gasteiger partial charge on any atom is -0.224 e. The minimum atomic E-state index is -3.11. The van der Waals surface area contributed by atoms with Crippen LogP contribution in [0.3, 0.4) is 0 Å². The number of rotatable bonds is 4. The van der Waals surface area contributed by atoms with Crippen LogP contribution in [0.5, 0.6) is 0 Å². The molecule has 0 N–H and O–H groups in total. The molecule has 17 heavy (non-hydrogen) atoms. The van der Waals surface area contributed by atoms with Gasteiger partial charge in [0.05, 0.1) is 10.6 Å². The molecule has 1 aromatic rings. The van der Waals surface area contributed by atoms with Gasteiger partial charge in [-0.05, 0) is 29.5 Å². The quantitative estimate of drug-likeness (QED) is 0.823. The van der Waals surface area contributed by atoms with E-state index >= 15 is 0 Å². The average molecular weight is 254 g/mol. The van der Waals surface area contributed by atoms with E-state index in [2.05, 4.69) is 20.8 Å². The molecular formula is C14H22O2S. The van der Waals surface area contributed by atoms with Gasteiger partial charge in [-0.2, -0.15) is 0 Å². The summed E-state index contributed by atoms with van der Waals surface area (Å²) in [5.74, 6) is 0.247. The van der Waals surface area contributed by atoms with Crippen LogP contribution in [0.2, 0.25) is 0 Å². The fourth-order valence-corrected chi connectivity index (χ4v) is 3.11. The van der Waals surface area contributed by atoms with Gasteiger partial charge in [-0.15, -0.1) is 0 Å². The van der Waals surface area contributed by atoms with Crippen LogP contribution in [0.1, 0.15) is 46.1 Å². The molecular weight excluding hydrogens is 232 g/mol. The Morgan fingerprint density at radius 1 is 1.18 bits per heavy atom. The van der Waals surface area contributed by atoms with Gasteiger partial charge in [-0.1, -0.05) is 46.2 Å². The van der Waals surface area contributed by atoms with Crippen LogP contribution in [0.25, 0.3) is 0 Å². The monoisotopic (exact) mass is 254 g/mol. The largest absolute Gasteiger partial charge is 0.224 e. The lowest BCUT2D eigenvalue weighted by Crippen LogP contribution is -2.13. The van der Waals surface area contributed by atoms with Crippen molar-refractivity contribution in [3.05, 3.63) is 29.8 Å². The molecule has 0 aliphatic rings. The maximum Gasteiger partial charge on any atom is 0.178 e. The van der Waals surface area contributed by atoms with E-state index in [0.717, 1.165) is 18.4 Å². The lowest BCUT2D eigenvalue weighted by molar-refractivity contribution is 0.582. The summed E-state index contributed by atoms with van der Waals surface area (Å²) in [6.07, 6.45) is 1.63. The smallest absolute Gasteiger partial charge is 0.178 e. The topological polar surface area (TPSA) is 34.1 Å². The van der Waals surface area contributed by atoms with E-state index in [1.54, 1.807) is 6.07 Å². The summed E-state index contributed by atoms with van der Waals surface area (Å²) in [5, 5.41) is 0. The standard InChI is InChI=1S/C14H22O2S/c1-5-6-10-17(15,16)13-9-7-8-12(11-13)14(2,3)4/h7-9,11H,5-6,10H2,1-4H3. The molecule has 1 aromatic carbocycles. The molecule has 0 saturated carbocycles. The summed E-state index contributed by atoms with van der Waals surface area (Å²) in [6, 6.07) is 7.32. The van der Waals surface area contributed by atoms with Crippen LogP contribution < -0.4 is 0 Å². The lowest BCUT2D eigenvalue weighted by atomic mass is 9.87. The third-order valence-corrected chi connectivity index (χ3v) is 4.62. The molecule has 0 bridgehead atoms. The van der Waals surface area contributed by atoms with Crippen molar-refractivity contribution >= 4 is 9.84 Å². The van der Waals surface area contributed by atoms with Gasteiger partial charge in [0.25, 0.3) is 0 Å². The molecule has 0 aliphatic carbocycles. The summed E-state index contributed by atoms with van der Waals surface area (Å²) < 4.78 is 24.1. The zero-order chi connectivity index (χ0) is 13.1. The van der Waals surface area contributed by atoms with E-state index in [-0.39, 0.29) is 11.2 Å². The van der Waals surface area contributed by atoms with Crippen molar-refractivity contribution in [1.29, 1.82) is 0 Å².